The highest BCUT2D eigenvalue weighted by Crippen LogP contribution is 2.39. The third-order valence-electron chi connectivity index (χ3n) is 3.01. The lowest BCUT2D eigenvalue weighted by Crippen LogP contribution is -2.13. The Hall–Kier alpha value is -0.450. The van der Waals surface area contributed by atoms with Crippen molar-refractivity contribution in [3.63, 3.8) is 0 Å². The molecule has 1 nitrogen and oxygen atoms in total. The molecule has 1 fully saturated rings. The molecule has 102 valence electrons. The molecular formula is C12H14Cl2F3N. The molecular weight excluding hydrogens is 286 g/mol. The van der Waals surface area contributed by atoms with Crippen LogP contribution >= 0.6 is 24.0 Å². The summed E-state index contributed by atoms with van der Waals surface area (Å²) in [5.74, 6) is 0.579. The molecule has 2 rings (SSSR count). The van der Waals surface area contributed by atoms with Crippen molar-refractivity contribution in [2.75, 3.05) is 0 Å². The van der Waals surface area contributed by atoms with Gasteiger partial charge in [0.05, 0.1) is 10.6 Å². The standard InChI is InChI=1S/C12H13ClF3N.ClH/c13-10-4-3-8(6-9(10)12(14,15)16)11(17)5-7-1-2-7;/h3-4,6-7,11H,1-2,5,17H2;1H/t11-;/m1./s1. The average Bonchev–Trinajstić information content (AvgIpc) is 3.00. The van der Waals surface area contributed by atoms with Crippen LogP contribution in [0.15, 0.2) is 18.2 Å². The number of alkyl halides is 3. The molecule has 0 amide bonds. The van der Waals surface area contributed by atoms with E-state index in [2.05, 4.69) is 0 Å². The zero-order chi connectivity index (χ0) is 12.6. The van der Waals surface area contributed by atoms with Gasteiger partial charge < -0.3 is 5.73 Å². The topological polar surface area (TPSA) is 26.0 Å². The van der Waals surface area contributed by atoms with Crippen LogP contribution in [0.2, 0.25) is 5.02 Å². The monoisotopic (exact) mass is 299 g/mol. The molecule has 0 saturated heterocycles. The Morgan fingerprint density at radius 3 is 2.44 bits per heavy atom. The fraction of sp³-hybridized carbons (Fsp3) is 0.500. The highest BCUT2D eigenvalue weighted by atomic mass is 35.5. The molecule has 0 bridgehead atoms. The first-order valence-corrected chi connectivity index (χ1v) is 5.88. The summed E-state index contributed by atoms with van der Waals surface area (Å²) in [6.45, 7) is 0. The van der Waals surface area contributed by atoms with E-state index < -0.39 is 11.7 Å². The van der Waals surface area contributed by atoms with Crippen LogP contribution in [-0.2, 0) is 6.18 Å². The lowest BCUT2D eigenvalue weighted by Gasteiger charge is -2.15. The number of hydrogen-bond donors (Lipinski definition) is 1. The maximum atomic E-state index is 12.6. The van der Waals surface area contributed by atoms with Crippen molar-refractivity contribution < 1.29 is 13.2 Å². The van der Waals surface area contributed by atoms with Crippen molar-refractivity contribution in [3.05, 3.63) is 34.3 Å². The molecule has 0 radical (unpaired) electrons. The molecule has 0 unspecified atom stereocenters. The summed E-state index contributed by atoms with van der Waals surface area (Å²) in [6, 6.07) is 3.58. The number of halogens is 5. The summed E-state index contributed by atoms with van der Waals surface area (Å²) >= 11 is 5.54. The van der Waals surface area contributed by atoms with Crippen LogP contribution in [0.25, 0.3) is 0 Å². The van der Waals surface area contributed by atoms with E-state index in [-0.39, 0.29) is 23.5 Å². The minimum absolute atomic E-state index is 0. The summed E-state index contributed by atoms with van der Waals surface area (Å²) < 4.78 is 37.9. The molecule has 0 aromatic heterocycles. The van der Waals surface area contributed by atoms with Gasteiger partial charge >= 0.3 is 6.18 Å². The normalized spacial score (nSPS) is 17.2. The van der Waals surface area contributed by atoms with Gasteiger partial charge in [-0.1, -0.05) is 30.5 Å². The SMILES string of the molecule is Cl.N[C@H](CC1CC1)c1ccc(Cl)c(C(F)(F)F)c1. The first-order valence-electron chi connectivity index (χ1n) is 5.50. The van der Waals surface area contributed by atoms with Crippen LogP contribution in [-0.4, -0.2) is 0 Å². The smallest absolute Gasteiger partial charge is 0.324 e. The average molecular weight is 300 g/mol. The van der Waals surface area contributed by atoms with E-state index in [1.54, 1.807) is 6.07 Å². The fourth-order valence-electron chi connectivity index (χ4n) is 1.84. The Morgan fingerprint density at radius 1 is 1.33 bits per heavy atom. The largest absolute Gasteiger partial charge is 0.417 e. The molecule has 1 atom stereocenters. The lowest BCUT2D eigenvalue weighted by molar-refractivity contribution is -0.137. The quantitative estimate of drug-likeness (QED) is 0.868. The number of rotatable bonds is 3. The van der Waals surface area contributed by atoms with Crippen molar-refractivity contribution in [1.82, 2.24) is 0 Å². The molecule has 1 aliphatic rings. The fourth-order valence-corrected chi connectivity index (χ4v) is 2.06. The molecule has 1 aliphatic carbocycles. The number of hydrogen-bond acceptors (Lipinski definition) is 1. The summed E-state index contributed by atoms with van der Waals surface area (Å²) in [5, 5.41) is -0.278. The van der Waals surface area contributed by atoms with Crippen LogP contribution in [0, 0.1) is 5.92 Å². The van der Waals surface area contributed by atoms with Gasteiger partial charge in [0.2, 0.25) is 0 Å². The van der Waals surface area contributed by atoms with Crippen LogP contribution in [0.4, 0.5) is 13.2 Å². The summed E-state index contributed by atoms with van der Waals surface area (Å²) in [5.41, 5.74) is 5.59. The minimum Gasteiger partial charge on any atom is -0.324 e. The first-order chi connectivity index (χ1) is 7.88. The van der Waals surface area contributed by atoms with Gasteiger partial charge in [-0.15, -0.1) is 12.4 Å². The van der Waals surface area contributed by atoms with Crippen molar-refractivity contribution >= 4 is 24.0 Å². The molecule has 0 heterocycles. The zero-order valence-electron chi connectivity index (χ0n) is 9.51. The second kappa shape index (κ2) is 5.68. The first kappa shape index (κ1) is 15.6. The molecule has 0 spiro atoms. The Balaban J connectivity index is 0.00000162. The highest BCUT2D eigenvalue weighted by Gasteiger charge is 2.34. The zero-order valence-corrected chi connectivity index (χ0v) is 11.1. The maximum absolute atomic E-state index is 12.6. The van der Waals surface area contributed by atoms with Gasteiger partial charge in [0.1, 0.15) is 0 Å². The van der Waals surface area contributed by atoms with Gasteiger partial charge in [-0.25, -0.2) is 0 Å². The van der Waals surface area contributed by atoms with Crippen LogP contribution in [0.3, 0.4) is 0 Å². The maximum Gasteiger partial charge on any atom is 0.417 e. The third kappa shape index (κ3) is 3.77. The Bertz CT molecular complexity index is 416. The van der Waals surface area contributed by atoms with Gasteiger partial charge in [-0.05, 0) is 30.0 Å². The van der Waals surface area contributed by atoms with Crippen LogP contribution < -0.4 is 5.73 Å². The van der Waals surface area contributed by atoms with E-state index in [9.17, 15) is 13.2 Å². The van der Waals surface area contributed by atoms with Gasteiger partial charge in [0, 0.05) is 6.04 Å². The number of benzene rings is 1. The van der Waals surface area contributed by atoms with Crippen LogP contribution in [0.5, 0.6) is 0 Å². The van der Waals surface area contributed by atoms with E-state index in [1.165, 1.54) is 6.07 Å². The summed E-state index contributed by atoms with van der Waals surface area (Å²) in [7, 11) is 0. The summed E-state index contributed by atoms with van der Waals surface area (Å²) in [4.78, 5) is 0. The van der Waals surface area contributed by atoms with Crippen molar-refractivity contribution in [3.8, 4) is 0 Å². The van der Waals surface area contributed by atoms with Crippen molar-refractivity contribution in [2.45, 2.75) is 31.5 Å². The van der Waals surface area contributed by atoms with E-state index >= 15 is 0 Å². The molecule has 6 heteroatoms. The minimum atomic E-state index is -4.42. The van der Waals surface area contributed by atoms with E-state index in [1.807, 2.05) is 0 Å². The Labute approximate surface area is 115 Å². The van der Waals surface area contributed by atoms with E-state index in [4.69, 9.17) is 17.3 Å². The molecule has 18 heavy (non-hydrogen) atoms. The van der Waals surface area contributed by atoms with Gasteiger partial charge in [0.15, 0.2) is 0 Å². The highest BCUT2D eigenvalue weighted by molar-refractivity contribution is 6.31. The molecule has 1 aromatic carbocycles. The van der Waals surface area contributed by atoms with Gasteiger partial charge in [-0.2, -0.15) is 13.2 Å². The molecule has 1 aromatic rings. The Kier molecular flexibility index (Phi) is 4.92. The van der Waals surface area contributed by atoms with Crippen molar-refractivity contribution in [2.24, 2.45) is 11.7 Å². The predicted molar refractivity (Wildman–Crippen MR) is 68.0 cm³/mol. The second-order valence-electron chi connectivity index (χ2n) is 4.52. The predicted octanol–water partition coefficient (Wildman–Crippen LogP) is 4.58. The molecule has 1 saturated carbocycles. The molecule has 0 aliphatic heterocycles. The summed E-state index contributed by atoms with van der Waals surface area (Å²) in [6.07, 6.45) is -1.41. The van der Waals surface area contributed by atoms with Gasteiger partial charge in [-0.3, -0.25) is 0 Å². The van der Waals surface area contributed by atoms with Crippen LogP contribution in [0.1, 0.15) is 36.4 Å². The number of nitrogens with two attached hydrogens (primary N) is 1. The van der Waals surface area contributed by atoms with E-state index in [0.29, 0.717) is 11.5 Å². The van der Waals surface area contributed by atoms with Gasteiger partial charge in [0.25, 0.3) is 0 Å². The van der Waals surface area contributed by atoms with Crippen molar-refractivity contribution in [1.29, 1.82) is 0 Å². The van der Waals surface area contributed by atoms with E-state index in [0.717, 1.165) is 25.3 Å². The Morgan fingerprint density at radius 2 is 1.94 bits per heavy atom. The lowest BCUT2D eigenvalue weighted by atomic mass is 10.00. The molecule has 2 N–H and O–H groups in total. The second-order valence-corrected chi connectivity index (χ2v) is 4.93. The third-order valence-corrected chi connectivity index (χ3v) is 3.34.